The molecule has 1 heterocycles. The summed E-state index contributed by atoms with van der Waals surface area (Å²) in [6.45, 7) is 1.06. The Morgan fingerprint density at radius 3 is 2.72 bits per heavy atom. The van der Waals surface area contributed by atoms with Crippen LogP contribution in [0, 0.1) is 0 Å². The van der Waals surface area contributed by atoms with Crippen LogP contribution in [-0.4, -0.2) is 22.8 Å². The molecule has 0 bridgehead atoms. The Labute approximate surface area is 151 Å². The van der Waals surface area contributed by atoms with Crippen molar-refractivity contribution in [3.05, 3.63) is 82.6 Å². The van der Waals surface area contributed by atoms with Crippen LogP contribution in [0.25, 0.3) is 0 Å². The van der Waals surface area contributed by atoms with Crippen LogP contribution in [0.4, 0.5) is 0 Å². The van der Waals surface area contributed by atoms with Gasteiger partial charge in [-0.3, -0.25) is 9.48 Å². The van der Waals surface area contributed by atoms with Crippen molar-refractivity contribution in [1.29, 1.82) is 0 Å². The van der Waals surface area contributed by atoms with E-state index in [1.165, 1.54) is 7.11 Å². The third-order valence-corrected chi connectivity index (χ3v) is 4.09. The highest BCUT2D eigenvalue weighted by Gasteiger charge is 2.13. The summed E-state index contributed by atoms with van der Waals surface area (Å²) in [7, 11) is 1.53. The van der Waals surface area contributed by atoms with Crippen molar-refractivity contribution in [2.45, 2.75) is 13.1 Å². The summed E-state index contributed by atoms with van der Waals surface area (Å²) in [5.74, 6) is 0.264. The van der Waals surface area contributed by atoms with Gasteiger partial charge in [-0.05, 0) is 35.4 Å². The topological polar surface area (TPSA) is 56.1 Å². The number of amides is 1. The van der Waals surface area contributed by atoms with Crippen LogP contribution < -0.4 is 10.1 Å². The molecule has 0 atom stereocenters. The first kappa shape index (κ1) is 17.0. The molecule has 1 N–H and O–H groups in total. The van der Waals surface area contributed by atoms with E-state index < -0.39 is 0 Å². The summed E-state index contributed by atoms with van der Waals surface area (Å²) in [4.78, 5) is 12.5. The van der Waals surface area contributed by atoms with Crippen molar-refractivity contribution >= 4 is 17.5 Å². The van der Waals surface area contributed by atoms with Gasteiger partial charge in [-0.25, -0.2) is 0 Å². The third kappa shape index (κ3) is 4.19. The number of carbonyl (C=O) groups excluding carboxylic acids is 1. The molecule has 0 unspecified atom stereocenters. The number of ether oxygens (including phenoxy) is 1. The molecule has 0 aliphatic rings. The monoisotopic (exact) mass is 355 g/mol. The number of rotatable bonds is 6. The third-order valence-electron chi connectivity index (χ3n) is 3.86. The second-order valence-corrected chi connectivity index (χ2v) is 5.94. The Morgan fingerprint density at radius 2 is 2.00 bits per heavy atom. The van der Waals surface area contributed by atoms with Gasteiger partial charge in [0.1, 0.15) is 5.75 Å². The lowest BCUT2D eigenvalue weighted by Crippen LogP contribution is -2.24. The minimum absolute atomic E-state index is 0.228. The molecule has 1 amide bonds. The highest BCUT2D eigenvalue weighted by molar-refractivity contribution is 6.31. The van der Waals surface area contributed by atoms with Crippen LogP contribution in [0.15, 0.2) is 60.9 Å². The first-order valence-corrected chi connectivity index (χ1v) is 8.21. The Hall–Kier alpha value is -2.79. The lowest BCUT2D eigenvalue weighted by molar-refractivity contribution is 0.0948. The van der Waals surface area contributed by atoms with E-state index in [2.05, 4.69) is 10.4 Å². The predicted octanol–water partition coefficient (Wildman–Crippen LogP) is 3.52. The minimum atomic E-state index is -0.228. The smallest absolute Gasteiger partial charge is 0.255 e. The highest BCUT2D eigenvalue weighted by Crippen LogP contribution is 2.22. The number of hydrogen-bond donors (Lipinski definition) is 1. The van der Waals surface area contributed by atoms with Gasteiger partial charge < -0.3 is 10.1 Å². The van der Waals surface area contributed by atoms with Crippen LogP contribution in [-0.2, 0) is 13.1 Å². The Bertz CT molecular complexity index is 863. The molecule has 0 spiro atoms. The standard InChI is InChI=1S/C19H18ClN3O2/c1-25-18-8-7-16(20)11-17(18)19(24)21-12-14-5-2-3-6-15(14)13-23-10-4-9-22-23/h2-11H,12-13H2,1H3,(H,21,24). The Kier molecular flexibility index (Phi) is 5.36. The first-order chi connectivity index (χ1) is 12.2. The van der Waals surface area contributed by atoms with Gasteiger partial charge in [-0.2, -0.15) is 5.10 Å². The number of nitrogens with one attached hydrogen (secondary N) is 1. The van der Waals surface area contributed by atoms with Gasteiger partial charge in [-0.1, -0.05) is 35.9 Å². The second-order valence-electron chi connectivity index (χ2n) is 5.50. The maximum absolute atomic E-state index is 12.5. The lowest BCUT2D eigenvalue weighted by Gasteiger charge is -2.12. The zero-order valence-electron chi connectivity index (χ0n) is 13.8. The molecule has 0 saturated carbocycles. The summed E-state index contributed by atoms with van der Waals surface area (Å²) in [6, 6.07) is 14.8. The van der Waals surface area contributed by atoms with Crippen molar-refractivity contribution < 1.29 is 9.53 Å². The zero-order valence-corrected chi connectivity index (χ0v) is 14.5. The maximum Gasteiger partial charge on any atom is 0.255 e. The van der Waals surface area contributed by atoms with Crippen molar-refractivity contribution in [3.63, 3.8) is 0 Å². The average molecular weight is 356 g/mol. The molecule has 0 radical (unpaired) electrons. The van der Waals surface area contributed by atoms with E-state index in [1.54, 1.807) is 24.4 Å². The van der Waals surface area contributed by atoms with Crippen molar-refractivity contribution in [2.75, 3.05) is 7.11 Å². The van der Waals surface area contributed by atoms with Crippen LogP contribution >= 0.6 is 11.6 Å². The Balaban J connectivity index is 1.74. The van der Waals surface area contributed by atoms with E-state index in [1.807, 2.05) is 41.2 Å². The van der Waals surface area contributed by atoms with E-state index in [0.717, 1.165) is 11.1 Å². The van der Waals surface area contributed by atoms with E-state index in [9.17, 15) is 4.79 Å². The molecule has 1 aromatic heterocycles. The van der Waals surface area contributed by atoms with Gasteiger partial charge in [0.25, 0.3) is 5.91 Å². The molecule has 6 heteroatoms. The fourth-order valence-electron chi connectivity index (χ4n) is 2.58. The largest absolute Gasteiger partial charge is 0.496 e. The van der Waals surface area contributed by atoms with Crippen LogP contribution in [0.5, 0.6) is 5.75 Å². The zero-order chi connectivity index (χ0) is 17.6. The maximum atomic E-state index is 12.5. The van der Waals surface area contributed by atoms with Gasteiger partial charge in [-0.15, -0.1) is 0 Å². The number of hydrogen-bond acceptors (Lipinski definition) is 3. The van der Waals surface area contributed by atoms with Gasteiger partial charge in [0.15, 0.2) is 0 Å². The number of carbonyl (C=O) groups is 1. The average Bonchev–Trinajstić information content (AvgIpc) is 3.13. The van der Waals surface area contributed by atoms with Gasteiger partial charge >= 0.3 is 0 Å². The molecule has 0 aliphatic heterocycles. The fourth-order valence-corrected chi connectivity index (χ4v) is 2.75. The summed E-state index contributed by atoms with van der Waals surface area (Å²) in [6.07, 6.45) is 3.65. The van der Waals surface area contributed by atoms with Gasteiger partial charge in [0.05, 0.1) is 19.2 Å². The van der Waals surface area contributed by atoms with Crippen LogP contribution in [0.2, 0.25) is 5.02 Å². The van der Waals surface area contributed by atoms with E-state index >= 15 is 0 Å². The van der Waals surface area contributed by atoms with Crippen molar-refractivity contribution in [1.82, 2.24) is 15.1 Å². The molecule has 2 aromatic carbocycles. The number of halogens is 1. The molecule has 25 heavy (non-hydrogen) atoms. The van der Waals surface area contributed by atoms with Crippen LogP contribution in [0.3, 0.4) is 0 Å². The quantitative estimate of drug-likeness (QED) is 0.736. The van der Waals surface area contributed by atoms with E-state index in [0.29, 0.717) is 29.4 Å². The predicted molar refractivity (Wildman–Crippen MR) is 96.9 cm³/mol. The molecule has 0 aliphatic carbocycles. The minimum Gasteiger partial charge on any atom is -0.496 e. The lowest BCUT2D eigenvalue weighted by atomic mass is 10.1. The summed E-state index contributed by atoms with van der Waals surface area (Å²) in [5, 5.41) is 7.65. The highest BCUT2D eigenvalue weighted by atomic mass is 35.5. The van der Waals surface area contributed by atoms with Crippen molar-refractivity contribution in [3.8, 4) is 5.75 Å². The second kappa shape index (κ2) is 7.85. The number of benzene rings is 2. The molecule has 128 valence electrons. The first-order valence-electron chi connectivity index (χ1n) is 7.83. The molecule has 0 saturated heterocycles. The van der Waals surface area contributed by atoms with Crippen molar-refractivity contribution in [2.24, 2.45) is 0 Å². The summed E-state index contributed by atoms with van der Waals surface area (Å²) >= 11 is 5.99. The fraction of sp³-hybridized carbons (Fsp3) is 0.158. The SMILES string of the molecule is COc1ccc(Cl)cc1C(=O)NCc1ccccc1Cn1cccn1. The van der Waals surface area contributed by atoms with E-state index in [4.69, 9.17) is 16.3 Å². The molecule has 0 fully saturated rings. The number of nitrogens with zero attached hydrogens (tertiary/aromatic N) is 2. The number of methoxy groups -OCH3 is 1. The molecular weight excluding hydrogens is 338 g/mol. The van der Waals surface area contributed by atoms with Crippen LogP contribution in [0.1, 0.15) is 21.5 Å². The van der Waals surface area contributed by atoms with Gasteiger partial charge in [0.2, 0.25) is 0 Å². The molecular formula is C19H18ClN3O2. The molecule has 5 nitrogen and oxygen atoms in total. The summed E-state index contributed by atoms with van der Waals surface area (Å²) in [5.41, 5.74) is 2.55. The molecule has 3 aromatic rings. The molecule has 3 rings (SSSR count). The summed E-state index contributed by atoms with van der Waals surface area (Å²) < 4.78 is 7.08. The van der Waals surface area contributed by atoms with E-state index in [-0.39, 0.29) is 5.91 Å². The van der Waals surface area contributed by atoms with Gasteiger partial charge in [0, 0.05) is 24.0 Å². The number of aromatic nitrogens is 2. The normalized spacial score (nSPS) is 10.5. The Morgan fingerprint density at radius 1 is 1.20 bits per heavy atom.